The molecule has 6 nitrogen and oxygen atoms in total. The van der Waals surface area contributed by atoms with Gasteiger partial charge in [-0.2, -0.15) is 0 Å². The molecule has 0 fully saturated rings. The van der Waals surface area contributed by atoms with Crippen LogP contribution in [-0.2, 0) is 25.5 Å². The summed E-state index contributed by atoms with van der Waals surface area (Å²) in [6, 6.07) is 8.06. The zero-order valence-electron chi connectivity index (χ0n) is 14.9. The van der Waals surface area contributed by atoms with Crippen molar-refractivity contribution in [3.63, 3.8) is 0 Å². The minimum Gasteiger partial charge on any atom is -0.460 e. The van der Waals surface area contributed by atoms with Crippen molar-refractivity contribution in [2.75, 3.05) is 6.61 Å². The number of hydrogen-bond acceptors (Lipinski definition) is 5. The minimum atomic E-state index is -1.02. The topological polar surface area (TPSA) is 81.7 Å². The van der Waals surface area contributed by atoms with Gasteiger partial charge in [-0.05, 0) is 26.3 Å². The van der Waals surface area contributed by atoms with Gasteiger partial charge in [0.15, 0.2) is 5.78 Å². The van der Waals surface area contributed by atoms with Gasteiger partial charge in [-0.1, -0.05) is 43.0 Å². The molecule has 6 heteroatoms. The van der Waals surface area contributed by atoms with Crippen LogP contribution >= 0.6 is 0 Å². The van der Waals surface area contributed by atoms with Crippen LogP contribution in [0.5, 0.6) is 0 Å². The largest absolute Gasteiger partial charge is 0.460 e. The van der Waals surface area contributed by atoms with Gasteiger partial charge in [0.1, 0.15) is 18.2 Å². The molecule has 1 rings (SSSR count). The molecule has 0 spiro atoms. The highest BCUT2D eigenvalue weighted by Crippen LogP contribution is 2.11. The highest BCUT2D eigenvalue weighted by molar-refractivity contribution is 5.92. The standard InChI is InChI=1S/C19H25NO5/c1-5-11-24-18(23)20-15(13-17(22)25-19(2,3)4)16(21)12-14-9-7-6-8-10-14/h5-10,15H,1,11-13H2,2-4H3,(H,20,23)/t15-/m0/s1. The number of hydrogen-bond donors (Lipinski definition) is 1. The lowest BCUT2D eigenvalue weighted by molar-refractivity contribution is -0.156. The number of ketones is 1. The van der Waals surface area contributed by atoms with E-state index < -0.39 is 23.7 Å². The normalized spacial score (nSPS) is 12.0. The highest BCUT2D eigenvalue weighted by Gasteiger charge is 2.27. The van der Waals surface area contributed by atoms with Gasteiger partial charge >= 0.3 is 12.1 Å². The van der Waals surface area contributed by atoms with Crippen LogP contribution in [0.3, 0.4) is 0 Å². The zero-order chi connectivity index (χ0) is 18.9. The first-order chi connectivity index (χ1) is 11.7. The number of nitrogens with one attached hydrogen (secondary N) is 1. The summed E-state index contributed by atoms with van der Waals surface area (Å²) in [7, 11) is 0. The van der Waals surface area contributed by atoms with Crippen LogP contribution in [0.25, 0.3) is 0 Å². The quantitative estimate of drug-likeness (QED) is 0.578. The predicted octanol–water partition coefficient (Wildman–Crippen LogP) is 2.81. The van der Waals surface area contributed by atoms with E-state index in [0.717, 1.165) is 5.56 Å². The molecule has 1 aromatic carbocycles. The van der Waals surface area contributed by atoms with Crippen LogP contribution in [0.1, 0.15) is 32.8 Å². The first-order valence-electron chi connectivity index (χ1n) is 8.04. The molecule has 0 aliphatic rings. The summed E-state index contributed by atoms with van der Waals surface area (Å²) in [5, 5.41) is 2.43. The Morgan fingerprint density at radius 3 is 2.40 bits per heavy atom. The molecule has 0 saturated carbocycles. The lowest BCUT2D eigenvalue weighted by Crippen LogP contribution is -2.44. The van der Waals surface area contributed by atoms with Crippen LogP contribution in [0.15, 0.2) is 43.0 Å². The number of Topliss-reactive ketones (excluding diaryl/α,β-unsaturated/α-hetero) is 1. The van der Waals surface area contributed by atoms with Crippen molar-refractivity contribution >= 4 is 17.8 Å². The summed E-state index contributed by atoms with van der Waals surface area (Å²) < 4.78 is 10.1. The SMILES string of the molecule is C=CCOC(=O)N[C@@H](CC(=O)OC(C)(C)C)C(=O)Cc1ccccc1. The number of ether oxygens (including phenoxy) is 2. The fourth-order valence-electron chi connectivity index (χ4n) is 2.03. The van der Waals surface area contributed by atoms with Crippen molar-refractivity contribution in [1.29, 1.82) is 0 Å². The summed E-state index contributed by atoms with van der Waals surface area (Å²) in [4.78, 5) is 36.3. The third-order valence-corrected chi connectivity index (χ3v) is 3.03. The summed E-state index contributed by atoms with van der Waals surface area (Å²) >= 11 is 0. The second kappa shape index (κ2) is 9.61. The predicted molar refractivity (Wildman–Crippen MR) is 94.1 cm³/mol. The number of esters is 1. The molecule has 1 atom stereocenters. The van der Waals surface area contributed by atoms with E-state index in [1.165, 1.54) is 6.08 Å². The van der Waals surface area contributed by atoms with Crippen molar-refractivity contribution < 1.29 is 23.9 Å². The Kier molecular flexibility index (Phi) is 7.85. The summed E-state index contributed by atoms with van der Waals surface area (Å²) in [6.45, 7) is 8.66. The van der Waals surface area contributed by atoms with Crippen LogP contribution in [-0.4, -0.2) is 36.1 Å². The summed E-state index contributed by atoms with van der Waals surface area (Å²) in [6.07, 6.45) is 0.464. The molecule has 136 valence electrons. The van der Waals surface area contributed by atoms with E-state index >= 15 is 0 Å². The molecule has 0 radical (unpaired) electrons. The van der Waals surface area contributed by atoms with Crippen molar-refractivity contribution in [2.24, 2.45) is 0 Å². The second-order valence-electron chi connectivity index (χ2n) is 6.50. The fraction of sp³-hybridized carbons (Fsp3) is 0.421. The molecule has 25 heavy (non-hydrogen) atoms. The van der Waals surface area contributed by atoms with Crippen molar-refractivity contribution in [3.05, 3.63) is 48.6 Å². The Labute approximate surface area is 148 Å². The van der Waals surface area contributed by atoms with Crippen LogP contribution in [0, 0.1) is 0 Å². The van der Waals surface area contributed by atoms with Crippen molar-refractivity contribution in [2.45, 2.75) is 45.3 Å². The molecule has 0 aliphatic heterocycles. The molecule has 0 bridgehead atoms. The van der Waals surface area contributed by atoms with Gasteiger partial charge in [-0.3, -0.25) is 9.59 Å². The zero-order valence-corrected chi connectivity index (χ0v) is 14.9. The van der Waals surface area contributed by atoms with E-state index in [1.54, 1.807) is 32.9 Å². The first-order valence-corrected chi connectivity index (χ1v) is 8.04. The number of rotatable bonds is 8. The van der Waals surface area contributed by atoms with E-state index in [-0.39, 0.29) is 25.2 Å². The smallest absolute Gasteiger partial charge is 0.408 e. The molecular weight excluding hydrogens is 322 g/mol. The molecule has 0 saturated heterocycles. The Morgan fingerprint density at radius 2 is 1.84 bits per heavy atom. The third kappa shape index (κ3) is 8.69. The van der Waals surface area contributed by atoms with Crippen LogP contribution in [0.2, 0.25) is 0 Å². The molecule has 1 aromatic rings. The number of amides is 1. The number of carbonyl (C=O) groups excluding carboxylic acids is 3. The lowest BCUT2D eigenvalue weighted by Gasteiger charge is -2.22. The number of benzene rings is 1. The highest BCUT2D eigenvalue weighted by atomic mass is 16.6. The maximum atomic E-state index is 12.5. The summed E-state index contributed by atoms with van der Waals surface area (Å²) in [5.41, 5.74) is 0.121. The fourth-order valence-corrected chi connectivity index (χ4v) is 2.03. The molecule has 1 N–H and O–H groups in total. The van der Waals surface area contributed by atoms with Gasteiger partial charge in [0.05, 0.1) is 6.42 Å². The van der Waals surface area contributed by atoms with E-state index in [1.807, 2.05) is 18.2 Å². The lowest BCUT2D eigenvalue weighted by atomic mass is 10.0. The van der Waals surface area contributed by atoms with E-state index in [4.69, 9.17) is 9.47 Å². The average Bonchev–Trinajstić information content (AvgIpc) is 2.51. The average molecular weight is 347 g/mol. The van der Waals surface area contributed by atoms with E-state index in [2.05, 4.69) is 11.9 Å². The molecule has 0 aromatic heterocycles. The van der Waals surface area contributed by atoms with E-state index in [9.17, 15) is 14.4 Å². The van der Waals surface area contributed by atoms with Crippen LogP contribution < -0.4 is 5.32 Å². The number of carbonyl (C=O) groups is 3. The molecule has 0 unspecified atom stereocenters. The minimum absolute atomic E-state index is 0.0118. The van der Waals surface area contributed by atoms with Gasteiger partial charge in [0, 0.05) is 6.42 Å². The van der Waals surface area contributed by atoms with Crippen molar-refractivity contribution in [1.82, 2.24) is 5.32 Å². The summed E-state index contributed by atoms with van der Waals surface area (Å²) in [5.74, 6) is -0.865. The third-order valence-electron chi connectivity index (χ3n) is 3.03. The molecule has 1 amide bonds. The van der Waals surface area contributed by atoms with Crippen LogP contribution in [0.4, 0.5) is 4.79 Å². The van der Waals surface area contributed by atoms with E-state index in [0.29, 0.717) is 0 Å². The second-order valence-corrected chi connectivity index (χ2v) is 6.50. The molecule has 0 aliphatic carbocycles. The maximum Gasteiger partial charge on any atom is 0.408 e. The Morgan fingerprint density at radius 1 is 1.20 bits per heavy atom. The Hall–Kier alpha value is -2.63. The number of alkyl carbamates (subject to hydrolysis) is 1. The molecule has 0 heterocycles. The Balaban J connectivity index is 2.78. The van der Waals surface area contributed by atoms with Gasteiger partial charge in [0.25, 0.3) is 0 Å². The monoisotopic (exact) mass is 347 g/mol. The Bertz CT molecular complexity index is 604. The molecular formula is C19H25NO5. The van der Waals surface area contributed by atoms with Gasteiger partial charge < -0.3 is 14.8 Å². The van der Waals surface area contributed by atoms with Gasteiger partial charge in [0.2, 0.25) is 0 Å². The maximum absolute atomic E-state index is 12.5. The van der Waals surface area contributed by atoms with Gasteiger partial charge in [-0.25, -0.2) is 4.79 Å². The van der Waals surface area contributed by atoms with Gasteiger partial charge in [-0.15, -0.1) is 0 Å². The van der Waals surface area contributed by atoms with Crippen molar-refractivity contribution in [3.8, 4) is 0 Å². The first kappa shape index (κ1) is 20.4.